The average molecular weight is 207 g/mol. The lowest BCUT2D eigenvalue weighted by Crippen LogP contribution is -2.21. The molecular weight excluding hydrogens is 198 g/mol. The summed E-state index contributed by atoms with van der Waals surface area (Å²) < 4.78 is 4.61. The predicted octanol–water partition coefficient (Wildman–Crippen LogP) is 1.02. The van der Waals surface area contributed by atoms with Crippen LogP contribution in [0.4, 0.5) is 4.79 Å². The first-order chi connectivity index (χ1) is 7.31. The monoisotopic (exact) mass is 207 g/mol. The fourth-order valence-electron chi connectivity index (χ4n) is 1.13. The normalized spacial score (nSPS) is 10.2. The Balaban J connectivity index is 2.25. The molecule has 2 rings (SSSR count). The van der Waals surface area contributed by atoms with Gasteiger partial charge in [0.15, 0.2) is 0 Å². The van der Waals surface area contributed by atoms with E-state index in [1.54, 1.807) is 25.1 Å². The van der Waals surface area contributed by atoms with Gasteiger partial charge >= 0.3 is 6.16 Å². The summed E-state index contributed by atoms with van der Waals surface area (Å²) in [6, 6.07) is 7.14. The summed E-state index contributed by atoms with van der Waals surface area (Å²) in [5.41, 5.74) is 1.27. The Kier molecular flexibility index (Phi) is 2.49. The summed E-state index contributed by atoms with van der Waals surface area (Å²) in [4.78, 5) is 16.8. The van der Waals surface area contributed by atoms with Gasteiger partial charge < -0.3 is 4.74 Å². The SMILES string of the molecule is CCOC(=O)On1nnc2ccccc21. The van der Waals surface area contributed by atoms with Crippen molar-refractivity contribution in [2.75, 3.05) is 6.61 Å². The zero-order valence-corrected chi connectivity index (χ0v) is 8.08. The van der Waals surface area contributed by atoms with E-state index >= 15 is 0 Å². The van der Waals surface area contributed by atoms with Crippen molar-refractivity contribution < 1.29 is 14.4 Å². The summed E-state index contributed by atoms with van der Waals surface area (Å²) in [5.74, 6) is 0. The number of para-hydroxylation sites is 1. The zero-order chi connectivity index (χ0) is 10.7. The predicted molar refractivity (Wildman–Crippen MR) is 51.1 cm³/mol. The molecule has 0 amide bonds. The van der Waals surface area contributed by atoms with Crippen molar-refractivity contribution in [1.82, 2.24) is 15.2 Å². The van der Waals surface area contributed by atoms with Crippen molar-refractivity contribution in [2.24, 2.45) is 0 Å². The molecule has 0 saturated carbocycles. The van der Waals surface area contributed by atoms with Crippen LogP contribution >= 0.6 is 0 Å². The molecule has 2 aromatic rings. The highest BCUT2D eigenvalue weighted by Gasteiger charge is 2.09. The lowest BCUT2D eigenvalue weighted by molar-refractivity contribution is 0.0428. The fourth-order valence-corrected chi connectivity index (χ4v) is 1.13. The van der Waals surface area contributed by atoms with E-state index in [2.05, 4.69) is 15.0 Å². The highest BCUT2D eigenvalue weighted by Crippen LogP contribution is 2.07. The first-order valence-electron chi connectivity index (χ1n) is 4.47. The van der Waals surface area contributed by atoms with Gasteiger partial charge in [0.2, 0.25) is 0 Å². The third-order valence-corrected chi connectivity index (χ3v) is 1.74. The molecule has 0 aliphatic rings. The van der Waals surface area contributed by atoms with Crippen LogP contribution in [0.1, 0.15) is 6.92 Å². The summed E-state index contributed by atoms with van der Waals surface area (Å²) in [5, 5.41) is 7.47. The molecule has 0 atom stereocenters. The van der Waals surface area contributed by atoms with Crippen LogP contribution < -0.4 is 4.84 Å². The number of carbonyl (C=O) groups excluding carboxylic acids is 1. The molecule has 0 bridgehead atoms. The molecule has 0 N–H and O–H groups in total. The standard InChI is InChI=1S/C9H9N3O3/c1-2-14-9(13)15-12-8-6-4-3-5-7(8)10-11-12/h3-6H,2H2,1H3. The Bertz CT molecular complexity index is 480. The maximum Gasteiger partial charge on any atom is 0.535 e. The Morgan fingerprint density at radius 2 is 2.27 bits per heavy atom. The molecule has 0 aliphatic heterocycles. The van der Waals surface area contributed by atoms with E-state index in [9.17, 15) is 4.79 Å². The van der Waals surface area contributed by atoms with Crippen molar-refractivity contribution >= 4 is 17.2 Å². The molecule has 0 spiro atoms. The van der Waals surface area contributed by atoms with Gasteiger partial charge in [-0.2, -0.15) is 0 Å². The summed E-state index contributed by atoms with van der Waals surface area (Å²) in [6.45, 7) is 1.95. The Hall–Kier alpha value is -2.11. The van der Waals surface area contributed by atoms with E-state index in [0.29, 0.717) is 11.0 Å². The highest BCUT2D eigenvalue weighted by atomic mass is 16.8. The van der Waals surface area contributed by atoms with E-state index in [0.717, 1.165) is 4.85 Å². The summed E-state index contributed by atoms with van der Waals surface area (Å²) >= 11 is 0. The number of benzene rings is 1. The number of aromatic nitrogens is 3. The van der Waals surface area contributed by atoms with E-state index in [4.69, 9.17) is 4.84 Å². The van der Waals surface area contributed by atoms with Gasteiger partial charge in [-0.3, -0.25) is 4.84 Å². The first-order valence-corrected chi connectivity index (χ1v) is 4.47. The largest absolute Gasteiger partial charge is 0.535 e. The smallest absolute Gasteiger partial charge is 0.433 e. The van der Waals surface area contributed by atoms with Crippen molar-refractivity contribution in [2.45, 2.75) is 6.92 Å². The first kappa shape index (κ1) is 9.45. The fraction of sp³-hybridized carbons (Fsp3) is 0.222. The molecule has 0 fully saturated rings. The maximum absolute atomic E-state index is 11.0. The molecule has 0 saturated heterocycles. The molecule has 0 aliphatic carbocycles. The molecule has 6 nitrogen and oxygen atoms in total. The van der Waals surface area contributed by atoms with Crippen LogP contribution in [-0.2, 0) is 4.74 Å². The van der Waals surface area contributed by atoms with Gasteiger partial charge in [0, 0.05) is 0 Å². The quantitative estimate of drug-likeness (QED) is 0.543. The van der Waals surface area contributed by atoms with E-state index in [1.165, 1.54) is 0 Å². The maximum atomic E-state index is 11.0. The van der Waals surface area contributed by atoms with Crippen molar-refractivity contribution in [1.29, 1.82) is 0 Å². The van der Waals surface area contributed by atoms with Gasteiger partial charge in [-0.15, -0.1) is 5.10 Å². The van der Waals surface area contributed by atoms with Crippen molar-refractivity contribution in [3.05, 3.63) is 24.3 Å². The minimum atomic E-state index is -0.798. The van der Waals surface area contributed by atoms with Crippen LogP contribution in [0.2, 0.25) is 0 Å². The minimum Gasteiger partial charge on any atom is -0.433 e. The van der Waals surface area contributed by atoms with E-state index < -0.39 is 6.16 Å². The van der Waals surface area contributed by atoms with Gasteiger partial charge in [0.05, 0.1) is 6.61 Å². The van der Waals surface area contributed by atoms with Crippen LogP contribution in [0.15, 0.2) is 24.3 Å². The summed E-state index contributed by atoms with van der Waals surface area (Å²) in [6.07, 6.45) is -0.798. The molecule has 1 aromatic heterocycles. The topological polar surface area (TPSA) is 66.2 Å². The van der Waals surface area contributed by atoms with Gasteiger partial charge in [0.1, 0.15) is 11.0 Å². The Labute approximate surface area is 85.3 Å². The van der Waals surface area contributed by atoms with Crippen LogP contribution in [0.25, 0.3) is 11.0 Å². The van der Waals surface area contributed by atoms with Crippen LogP contribution in [0, 0.1) is 0 Å². The molecular formula is C9H9N3O3. The molecule has 78 valence electrons. The molecule has 0 radical (unpaired) electrons. The molecule has 0 unspecified atom stereocenters. The van der Waals surface area contributed by atoms with Crippen molar-refractivity contribution in [3.63, 3.8) is 0 Å². The lowest BCUT2D eigenvalue weighted by atomic mass is 10.3. The summed E-state index contributed by atoms with van der Waals surface area (Å²) in [7, 11) is 0. The third kappa shape index (κ3) is 1.88. The molecule has 1 heterocycles. The minimum absolute atomic E-state index is 0.255. The second-order valence-electron chi connectivity index (χ2n) is 2.73. The lowest BCUT2D eigenvalue weighted by Gasteiger charge is -2.01. The second-order valence-corrected chi connectivity index (χ2v) is 2.73. The molecule has 6 heteroatoms. The van der Waals surface area contributed by atoms with Crippen LogP contribution in [-0.4, -0.2) is 27.9 Å². The number of carbonyl (C=O) groups is 1. The van der Waals surface area contributed by atoms with Crippen LogP contribution in [0.5, 0.6) is 0 Å². The third-order valence-electron chi connectivity index (χ3n) is 1.74. The number of hydrogen-bond donors (Lipinski definition) is 0. The number of fused-ring (bicyclic) bond motifs is 1. The molecule has 15 heavy (non-hydrogen) atoms. The average Bonchev–Trinajstić information content (AvgIpc) is 2.62. The number of nitrogens with zero attached hydrogens (tertiary/aromatic N) is 3. The zero-order valence-electron chi connectivity index (χ0n) is 8.08. The van der Waals surface area contributed by atoms with E-state index in [-0.39, 0.29) is 6.61 Å². The van der Waals surface area contributed by atoms with Gasteiger partial charge in [-0.1, -0.05) is 17.0 Å². The number of rotatable bonds is 2. The van der Waals surface area contributed by atoms with Crippen LogP contribution in [0.3, 0.4) is 0 Å². The van der Waals surface area contributed by atoms with Gasteiger partial charge in [0.25, 0.3) is 0 Å². The highest BCUT2D eigenvalue weighted by molar-refractivity contribution is 5.74. The molecule has 1 aromatic carbocycles. The van der Waals surface area contributed by atoms with Crippen molar-refractivity contribution in [3.8, 4) is 0 Å². The Morgan fingerprint density at radius 3 is 3.07 bits per heavy atom. The van der Waals surface area contributed by atoms with E-state index in [1.807, 2.05) is 6.07 Å². The van der Waals surface area contributed by atoms with Gasteiger partial charge in [-0.05, 0) is 24.3 Å². The number of hydrogen-bond acceptors (Lipinski definition) is 5. The Morgan fingerprint density at radius 1 is 1.47 bits per heavy atom. The number of ether oxygens (including phenoxy) is 1. The van der Waals surface area contributed by atoms with Gasteiger partial charge in [-0.25, -0.2) is 4.79 Å². The second kappa shape index (κ2) is 3.95.